The van der Waals surface area contributed by atoms with Gasteiger partial charge in [-0.05, 0) is 73.9 Å². The van der Waals surface area contributed by atoms with E-state index in [9.17, 15) is 14.0 Å². The van der Waals surface area contributed by atoms with Crippen LogP contribution in [0.25, 0.3) is 10.9 Å². The summed E-state index contributed by atoms with van der Waals surface area (Å²) in [5.41, 5.74) is 4.68. The maximum atomic E-state index is 14.1. The molecule has 1 fully saturated rings. The quantitative estimate of drug-likeness (QED) is 0.213. The number of thioether (sulfide) groups is 1. The molecule has 0 radical (unpaired) electrons. The Bertz CT molecular complexity index is 1570. The van der Waals surface area contributed by atoms with Crippen molar-refractivity contribution in [3.05, 3.63) is 89.9 Å². The van der Waals surface area contributed by atoms with E-state index in [-0.39, 0.29) is 23.7 Å². The molecule has 1 saturated heterocycles. The van der Waals surface area contributed by atoms with Crippen LogP contribution in [0.2, 0.25) is 0 Å². The number of hydrogen-bond donors (Lipinski definition) is 3. The van der Waals surface area contributed by atoms with E-state index in [0.717, 1.165) is 44.8 Å². The molecule has 0 bridgehead atoms. The third kappa shape index (κ3) is 7.14. The number of rotatable bonds is 9. The third-order valence-corrected chi connectivity index (χ3v) is 8.75. The van der Waals surface area contributed by atoms with Crippen LogP contribution in [0.4, 0.5) is 20.6 Å². The molecule has 3 N–H and O–H groups in total. The molecule has 2 heterocycles. The van der Waals surface area contributed by atoms with Crippen LogP contribution in [0.1, 0.15) is 24.0 Å². The second-order valence-corrected chi connectivity index (χ2v) is 12.1. The van der Waals surface area contributed by atoms with Gasteiger partial charge in [-0.15, -0.1) is 11.8 Å². The number of anilines is 2. The van der Waals surface area contributed by atoms with Gasteiger partial charge in [-0.1, -0.05) is 31.2 Å². The summed E-state index contributed by atoms with van der Waals surface area (Å²) in [6, 6.07) is 19.4. The molecule has 5 rings (SSSR count). The fourth-order valence-electron chi connectivity index (χ4n) is 5.64. The summed E-state index contributed by atoms with van der Waals surface area (Å²) in [4.78, 5) is 37.9. The van der Waals surface area contributed by atoms with Gasteiger partial charge in [0.2, 0.25) is 5.91 Å². The Labute approximate surface area is 256 Å². The van der Waals surface area contributed by atoms with E-state index >= 15 is 0 Å². The molecular weight excluding hydrogens is 563 g/mol. The number of urea groups is 1. The van der Waals surface area contributed by atoms with Crippen molar-refractivity contribution in [1.82, 2.24) is 20.1 Å². The van der Waals surface area contributed by atoms with Gasteiger partial charge in [0, 0.05) is 66.3 Å². The molecule has 1 aromatic heterocycles. The predicted octanol–water partition coefficient (Wildman–Crippen LogP) is 5.73. The number of aromatic nitrogens is 1. The largest absolute Gasteiger partial charge is 0.368 e. The first-order chi connectivity index (χ1) is 20.7. The van der Waals surface area contributed by atoms with Gasteiger partial charge < -0.3 is 30.3 Å². The Hall–Kier alpha value is -4.02. The number of nitrogens with one attached hydrogen (secondary N) is 3. The summed E-state index contributed by atoms with van der Waals surface area (Å²) in [5.74, 6) is -0.860. The number of H-pyrrole nitrogens is 1. The van der Waals surface area contributed by atoms with Crippen LogP contribution in [0.15, 0.2) is 77.8 Å². The van der Waals surface area contributed by atoms with E-state index in [1.165, 1.54) is 12.1 Å². The number of carbonyl (C=O) groups excluding carboxylic acids is 2. The van der Waals surface area contributed by atoms with E-state index in [4.69, 9.17) is 0 Å². The first-order valence-corrected chi connectivity index (χ1v) is 15.7. The first-order valence-electron chi connectivity index (χ1n) is 14.5. The number of hydrogen-bond acceptors (Lipinski definition) is 5. The van der Waals surface area contributed by atoms with Gasteiger partial charge in [0.25, 0.3) is 0 Å². The molecule has 3 amide bonds. The van der Waals surface area contributed by atoms with Crippen molar-refractivity contribution in [3.63, 3.8) is 0 Å². The Morgan fingerprint density at radius 2 is 1.74 bits per heavy atom. The van der Waals surface area contributed by atoms with E-state index in [2.05, 4.69) is 31.5 Å². The zero-order chi connectivity index (χ0) is 30.5. The number of amides is 3. The van der Waals surface area contributed by atoms with Crippen LogP contribution in [0.5, 0.6) is 0 Å². The number of benzene rings is 3. The summed E-state index contributed by atoms with van der Waals surface area (Å²) in [7, 11) is 4.02. The lowest BCUT2D eigenvalue weighted by molar-refractivity contribution is -0.118. The highest BCUT2D eigenvalue weighted by molar-refractivity contribution is 7.98. The lowest BCUT2D eigenvalue weighted by atomic mass is 9.92. The molecular formula is C33H39FN6O2S. The van der Waals surface area contributed by atoms with E-state index in [0.29, 0.717) is 26.2 Å². The Balaban J connectivity index is 1.37. The van der Waals surface area contributed by atoms with Crippen molar-refractivity contribution >= 4 is 46.0 Å². The molecule has 2 atom stereocenters. The predicted molar refractivity (Wildman–Crippen MR) is 173 cm³/mol. The van der Waals surface area contributed by atoms with Crippen LogP contribution in [-0.2, 0) is 11.3 Å². The minimum absolute atomic E-state index is 0.270. The summed E-state index contributed by atoms with van der Waals surface area (Å²) in [5, 5.41) is 7.25. The van der Waals surface area contributed by atoms with Crippen molar-refractivity contribution in [2.24, 2.45) is 0 Å². The Morgan fingerprint density at radius 1 is 1.02 bits per heavy atom. The maximum Gasteiger partial charge on any atom is 0.318 e. The fourth-order valence-corrected chi connectivity index (χ4v) is 6.17. The molecule has 226 valence electrons. The van der Waals surface area contributed by atoms with E-state index in [1.54, 1.807) is 28.8 Å². The van der Waals surface area contributed by atoms with Crippen LogP contribution in [0.3, 0.4) is 0 Å². The molecule has 0 saturated carbocycles. The molecule has 1 aliphatic heterocycles. The molecule has 43 heavy (non-hydrogen) atoms. The number of aromatic amines is 1. The number of fused-ring (bicyclic) bond motifs is 1. The topological polar surface area (TPSA) is 83.7 Å². The molecule has 0 aliphatic carbocycles. The summed E-state index contributed by atoms with van der Waals surface area (Å²) < 4.78 is 13.4. The minimum atomic E-state index is -0.825. The maximum absolute atomic E-state index is 14.1. The van der Waals surface area contributed by atoms with Gasteiger partial charge in [-0.25, -0.2) is 9.18 Å². The van der Waals surface area contributed by atoms with E-state index < -0.39 is 6.04 Å². The molecule has 8 nitrogen and oxygen atoms in total. The van der Waals surface area contributed by atoms with Crippen LogP contribution >= 0.6 is 11.8 Å². The lowest BCUT2D eigenvalue weighted by Gasteiger charge is -2.37. The van der Waals surface area contributed by atoms with Gasteiger partial charge >= 0.3 is 6.03 Å². The van der Waals surface area contributed by atoms with E-state index in [1.807, 2.05) is 69.9 Å². The average molecular weight is 603 g/mol. The van der Waals surface area contributed by atoms with Gasteiger partial charge in [0.1, 0.15) is 11.9 Å². The molecule has 10 heteroatoms. The van der Waals surface area contributed by atoms with Gasteiger partial charge in [-0.3, -0.25) is 4.79 Å². The second kappa shape index (κ2) is 13.5. The fraction of sp³-hybridized carbons (Fsp3) is 0.333. The average Bonchev–Trinajstić information content (AvgIpc) is 3.44. The SMILES string of the molecule is CSc1ccc(CN(C)C)cc1NC(=O)[C@H](NC(=O)N1CCN(c2ccc(F)cc2)CC1)[C@@H](C)c1c[nH]c2ccccc12. The summed E-state index contributed by atoms with van der Waals surface area (Å²) >= 11 is 1.57. The smallest absolute Gasteiger partial charge is 0.318 e. The highest BCUT2D eigenvalue weighted by Gasteiger charge is 2.32. The molecule has 0 unspecified atom stereocenters. The Morgan fingerprint density at radius 3 is 2.44 bits per heavy atom. The number of carbonyl (C=O) groups is 2. The van der Waals surface area contributed by atoms with Crippen molar-refractivity contribution < 1.29 is 14.0 Å². The van der Waals surface area contributed by atoms with Gasteiger partial charge in [0.05, 0.1) is 5.69 Å². The highest BCUT2D eigenvalue weighted by atomic mass is 32.2. The van der Waals surface area contributed by atoms with Crippen LogP contribution in [-0.4, -0.2) is 79.3 Å². The zero-order valence-corrected chi connectivity index (χ0v) is 25.9. The lowest BCUT2D eigenvalue weighted by Crippen LogP contribution is -2.56. The monoisotopic (exact) mass is 602 g/mol. The van der Waals surface area contributed by atoms with Gasteiger partial charge in [0.15, 0.2) is 0 Å². The summed E-state index contributed by atoms with van der Waals surface area (Å²) in [6.07, 6.45) is 3.91. The van der Waals surface area contributed by atoms with Crippen molar-refractivity contribution in [1.29, 1.82) is 0 Å². The van der Waals surface area contributed by atoms with Gasteiger partial charge in [-0.2, -0.15) is 0 Å². The molecule has 4 aromatic rings. The van der Waals surface area contributed by atoms with Crippen molar-refractivity contribution in [2.75, 3.05) is 56.7 Å². The van der Waals surface area contributed by atoms with Crippen molar-refractivity contribution in [2.45, 2.75) is 30.3 Å². The molecule has 0 spiro atoms. The standard InChI is InChI=1S/C33H39FN6O2S/c1-22(27-20-35-28-8-6-5-7-26(27)28)31(32(41)36-29-19-23(21-38(2)3)9-14-30(29)43-4)37-33(42)40-17-15-39(16-18-40)25-12-10-24(34)11-13-25/h5-14,19-20,22,31,35H,15-18,21H2,1-4H3,(H,36,41)(H,37,42)/t22-,31+/m0/s1. The minimum Gasteiger partial charge on any atom is -0.368 e. The number of para-hydroxylation sites is 1. The number of piperazine rings is 1. The normalized spacial score (nSPS) is 15.0. The van der Waals surface area contributed by atoms with Crippen molar-refractivity contribution in [3.8, 4) is 0 Å². The second-order valence-electron chi connectivity index (χ2n) is 11.2. The van der Waals surface area contributed by atoms with Crippen LogP contribution in [0, 0.1) is 5.82 Å². The first kappa shape index (κ1) is 30.4. The number of halogens is 1. The highest BCUT2D eigenvalue weighted by Crippen LogP contribution is 2.31. The summed E-state index contributed by atoms with van der Waals surface area (Å²) in [6.45, 7) is 4.93. The van der Waals surface area contributed by atoms with Crippen LogP contribution < -0.4 is 15.5 Å². The Kier molecular flexibility index (Phi) is 9.57. The molecule has 1 aliphatic rings. The third-order valence-electron chi connectivity index (χ3n) is 7.95. The number of nitrogens with zero attached hydrogens (tertiary/aromatic N) is 3. The zero-order valence-electron chi connectivity index (χ0n) is 25.1. The molecule has 3 aromatic carbocycles.